The number of rotatable bonds is 8. The van der Waals surface area contributed by atoms with Crippen molar-refractivity contribution in [3.8, 4) is 5.75 Å². The van der Waals surface area contributed by atoms with E-state index in [1.54, 1.807) is 4.90 Å². The lowest BCUT2D eigenvalue weighted by molar-refractivity contribution is -0.134. The van der Waals surface area contributed by atoms with Crippen molar-refractivity contribution in [1.29, 1.82) is 0 Å². The zero-order valence-electron chi connectivity index (χ0n) is 25.7. The molecule has 3 atom stereocenters. The number of anilines is 2. The van der Waals surface area contributed by atoms with Gasteiger partial charge in [-0.2, -0.15) is 0 Å². The molecule has 0 aromatic heterocycles. The summed E-state index contributed by atoms with van der Waals surface area (Å²) in [4.78, 5) is 30.8. The lowest BCUT2D eigenvalue weighted by Gasteiger charge is -2.35. The van der Waals surface area contributed by atoms with Gasteiger partial charge in [-0.05, 0) is 62.4 Å². The van der Waals surface area contributed by atoms with Crippen LogP contribution in [0.3, 0.4) is 0 Å². The molecule has 0 saturated heterocycles. The summed E-state index contributed by atoms with van der Waals surface area (Å²) in [6, 6.07) is 18.6. The summed E-state index contributed by atoms with van der Waals surface area (Å²) < 4.78 is 6.69. The Kier molecular flexibility index (Phi) is 10.2. The Bertz CT molecular complexity index is 1400. The molecule has 5 rings (SSSR count). The van der Waals surface area contributed by atoms with Gasteiger partial charge in [-0.3, -0.25) is 4.79 Å². The van der Waals surface area contributed by atoms with Gasteiger partial charge in [0.2, 0.25) is 5.91 Å². The summed E-state index contributed by atoms with van der Waals surface area (Å²) >= 11 is 0. The molecule has 3 amide bonds. The predicted molar refractivity (Wildman–Crippen MR) is 173 cm³/mol. The quantitative estimate of drug-likeness (QED) is 0.295. The Morgan fingerprint density at radius 2 is 1.81 bits per heavy atom. The fourth-order valence-electron chi connectivity index (χ4n) is 6.54. The van der Waals surface area contributed by atoms with Crippen molar-refractivity contribution in [3.63, 3.8) is 0 Å². The van der Waals surface area contributed by atoms with Gasteiger partial charge in [-0.15, -0.1) is 0 Å². The molecule has 0 spiro atoms. The zero-order chi connectivity index (χ0) is 30.3. The third-order valence-electron chi connectivity index (χ3n) is 9.00. The van der Waals surface area contributed by atoms with E-state index in [1.807, 2.05) is 67.6 Å². The average Bonchev–Trinajstić information content (AvgIpc) is 3.04. The molecule has 1 fully saturated rings. The number of nitrogens with one attached hydrogen (secondary N) is 2. The molecular formula is C35H46N4O4. The Morgan fingerprint density at radius 1 is 1.05 bits per heavy atom. The summed E-state index contributed by atoms with van der Waals surface area (Å²) in [5, 5.41) is 17.9. The first-order chi connectivity index (χ1) is 20.8. The van der Waals surface area contributed by atoms with Crippen LogP contribution >= 0.6 is 0 Å². The molecule has 1 heterocycles. The van der Waals surface area contributed by atoms with Crippen LogP contribution in [0.4, 0.5) is 16.2 Å². The molecule has 3 aromatic carbocycles. The minimum absolute atomic E-state index is 0.0574. The number of amides is 3. The van der Waals surface area contributed by atoms with Crippen LogP contribution in [0.25, 0.3) is 10.8 Å². The number of carbonyl (C=O) groups excluding carboxylic acids is 2. The van der Waals surface area contributed by atoms with Crippen LogP contribution in [0.2, 0.25) is 0 Å². The number of nitrogens with zero attached hydrogens (tertiary/aromatic N) is 2. The average molecular weight is 587 g/mol. The van der Waals surface area contributed by atoms with E-state index in [0.717, 1.165) is 41.0 Å². The highest BCUT2D eigenvalue weighted by atomic mass is 16.5. The van der Waals surface area contributed by atoms with Crippen molar-refractivity contribution in [1.82, 2.24) is 9.80 Å². The first-order valence-corrected chi connectivity index (χ1v) is 15.7. The highest BCUT2D eigenvalue weighted by Crippen LogP contribution is 2.30. The van der Waals surface area contributed by atoms with Gasteiger partial charge in [0.15, 0.2) is 0 Å². The maximum Gasteiger partial charge on any atom is 0.323 e. The monoisotopic (exact) mass is 586 g/mol. The number of aliphatic hydroxyl groups excluding tert-OH is 1. The van der Waals surface area contributed by atoms with Crippen LogP contribution in [-0.2, 0) is 11.2 Å². The second-order valence-electron chi connectivity index (χ2n) is 12.5. The summed E-state index contributed by atoms with van der Waals surface area (Å²) in [7, 11) is 2.17. The smallest absolute Gasteiger partial charge is 0.323 e. The summed E-state index contributed by atoms with van der Waals surface area (Å²) in [6.07, 6.45) is 6.53. The van der Waals surface area contributed by atoms with Gasteiger partial charge in [0, 0.05) is 42.2 Å². The largest absolute Gasteiger partial charge is 0.488 e. The number of benzene rings is 3. The third-order valence-corrected chi connectivity index (χ3v) is 9.00. The highest BCUT2D eigenvalue weighted by Gasteiger charge is 2.31. The molecule has 0 bridgehead atoms. The molecule has 2 aliphatic rings. The van der Waals surface area contributed by atoms with Crippen LogP contribution in [0, 0.1) is 11.8 Å². The zero-order valence-corrected chi connectivity index (χ0v) is 25.7. The standard InChI is InChI=1S/C35H46N4O4/c1-24-20-39(25(2)23-40)34(41)19-28-18-29(36-35(42)37-31-15-9-13-27-12-7-8-14-30(27)31)16-17-32(28)43-33(24)22-38(3)21-26-10-5-4-6-11-26/h7-9,12-18,24-26,33,40H,4-6,10-11,19-23H2,1-3H3,(H2,36,37,42)/t24-,25+,33-/m1/s1. The number of urea groups is 1. The van der Waals surface area contributed by atoms with Crippen LogP contribution in [0.1, 0.15) is 51.5 Å². The van der Waals surface area contributed by atoms with Crippen molar-refractivity contribution in [2.45, 2.75) is 64.5 Å². The minimum atomic E-state index is -0.363. The molecule has 3 N–H and O–H groups in total. The Balaban J connectivity index is 1.35. The molecule has 8 heteroatoms. The Labute approximate surface area is 255 Å². The van der Waals surface area contributed by atoms with E-state index in [0.29, 0.717) is 18.0 Å². The minimum Gasteiger partial charge on any atom is -0.488 e. The molecule has 0 unspecified atom stereocenters. The van der Waals surface area contributed by atoms with Crippen molar-refractivity contribution < 1.29 is 19.4 Å². The Hall–Kier alpha value is -3.62. The second kappa shape index (κ2) is 14.2. The van der Waals surface area contributed by atoms with Crippen LogP contribution in [0.5, 0.6) is 5.75 Å². The van der Waals surface area contributed by atoms with Crippen LogP contribution in [0.15, 0.2) is 60.7 Å². The van der Waals surface area contributed by atoms with Crippen LogP contribution in [-0.4, -0.2) is 72.3 Å². The first kappa shape index (κ1) is 30.8. The summed E-state index contributed by atoms with van der Waals surface area (Å²) in [5.74, 6) is 1.38. The molecule has 8 nitrogen and oxygen atoms in total. The van der Waals surface area contributed by atoms with Gasteiger partial charge in [-0.25, -0.2) is 4.79 Å². The molecule has 1 aliphatic heterocycles. The number of fused-ring (bicyclic) bond motifs is 2. The summed E-state index contributed by atoms with van der Waals surface area (Å²) in [5.41, 5.74) is 2.02. The van der Waals surface area contributed by atoms with Crippen molar-refractivity contribution in [3.05, 3.63) is 66.2 Å². The third kappa shape index (κ3) is 7.86. The highest BCUT2D eigenvalue weighted by molar-refractivity contribution is 6.06. The van der Waals surface area contributed by atoms with E-state index in [9.17, 15) is 14.7 Å². The summed E-state index contributed by atoms with van der Waals surface area (Å²) in [6.45, 7) is 6.21. The number of carbonyl (C=O) groups is 2. The van der Waals surface area contributed by atoms with Gasteiger partial charge in [0.25, 0.3) is 0 Å². The van der Waals surface area contributed by atoms with E-state index in [4.69, 9.17) is 4.74 Å². The molecule has 3 aromatic rings. The van der Waals surface area contributed by atoms with E-state index in [-0.39, 0.29) is 43.0 Å². The van der Waals surface area contributed by atoms with E-state index in [1.165, 1.54) is 32.1 Å². The fraction of sp³-hybridized carbons (Fsp3) is 0.486. The van der Waals surface area contributed by atoms with E-state index in [2.05, 4.69) is 29.5 Å². The molecule has 43 heavy (non-hydrogen) atoms. The SMILES string of the molecule is C[C@@H]1CN([C@@H](C)CO)C(=O)Cc2cc(NC(=O)Nc3cccc4ccccc34)ccc2O[C@@H]1CN(C)CC1CCCCC1. The number of aliphatic hydroxyl groups is 1. The molecular weight excluding hydrogens is 540 g/mol. The van der Waals surface area contributed by atoms with E-state index < -0.39 is 0 Å². The molecule has 230 valence electrons. The first-order valence-electron chi connectivity index (χ1n) is 15.7. The van der Waals surface area contributed by atoms with Crippen molar-refractivity contribution >= 4 is 34.1 Å². The lowest BCUT2D eigenvalue weighted by Crippen LogP contribution is -2.48. The number of hydrogen-bond donors (Lipinski definition) is 3. The van der Waals surface area contributed by atoms with E-state index >= 15 is 0 Å². The number of ether oxygens (including phenoxy) is 1. The maximum absolute atomic E-state index is 13.6. The van der Waals surface area contributed by atoms with Gasteiger partial charge in [-0.1, -0.05) is 62.6 Å². The van der Waals surface area contributed by atoms with Crippen molar-refractivity contribution in [2.75, 3.05) is 43.9 Å². The normalized spacial score (nSPS) is 20.5. The van der Waals surface area contributed by atoms with Crippen LogP contribution < -0.4 is 15.4 Å². The number of hydrogen-bond acceptors (Lipinski definition) is 5. The topological polar surface area (TPSA) is 94.1 Å². The molecule has 0 radical (unpaired) electrons. The fourth-order valence-corrected chi connectivity index (χ4v) is 6.54. The van der Waals surface area contributed by atoms with Gasteiger partial charge >= 0.3 is 6.03 Å². The predicted octanol–water partition coefficient (Wildman–Crippen LogP) is 6.14. The maximum atomic E-state index is 13.6. The number of likely N-dealkylation sites (N-methyl/N-ethyl adjacent to an activating group) is 1. The molecule has 1 saturated carbocycles. The van der Waals surface area contributed by atoms with Gasteiger partial charge in [0.05, 0.1) is 24.8 Å². The lowest BCUT2D eigenvalue weighted by atomic mass is 9.89. The van der Waals surface area contributed by atoms with Gasteiger partial charge in [0.1, 0.15) is 11.9 Å². The second-order valence-corrected chi connectivity index (χ2v) is 12.5. The Morgan fingerprint density at radius 3 is 2.60 bits per heavy atom. The molecule has 1 aliphatic carbocycles. The van der Waals surface area contributed by atoms with Gasteiger partial charge < -0.3 is 30.3 Å². The van der Waals surface area contributed by atoms with Crippen molar-refractivity contribution in [2.24, 2.45) is 11.8 Å².